The number of nitrogens with zero attached hydrogens (tertiary/aromatic N) is 1. The van der Waals surface area contributed by atoms with Gasteiger partial charge in [-0.1, -0.05) is 12.1 Å². The van der Waals surface area contributed by atoms with Crippen LogP contribution in [-0.2, 0) is 0 Å². The van der Waals surface area contributed by atoms with Crippen molar-refractivity contribution in [2.45, 2.75) is 12.5 Å². The van der Waals surface area contributed by atoms with Gasteiger partial charge in [-0.25, -0.2) is 4.39 Å². The van der Waals surface area contributed by atoms with E-state index < -0.39 is 0 Å². The van der Waals surface area contributed by atoms with Crippen LogP contribution in [0.2, 0.25) is 0 Å². The van der Waals surface area contributed by atoms with Gasteiger partial charge in [-0.3, -0.25) is 4.90 Å². The molecule has 1 nitrogen and oxygen atoms in total. The van der Waals surface area contributed by atoms with Crippen molar-refractivity contribution < 1.29 is 4.39 Å². The highest BCUT2D eigenvalue weighted by Crippen LogP contribution is 2.31. The van der Waals surface area contributed by atoms with E-state index in [0.29, 0.717) is 6.04 Å². The summed E-state index contributed by atoms with van der Waals surface area (Å²) in [5, 5.41) is 0. The molecule has 1 aliphatic heterocycles. The lowest BCUT2D eigenvalue weighted by Crippen LogP contribution is -2.37. The van der Waals surface area contributed by atoms with Crippen LogP contribution in [0, 0.1) is 5.82 Å². The lowest BCUT2D eigenvalue weighted by molar-refractivity contribution is 0.127. The Kier molecular flexibility index (Phi) is 1.85. The Morgan fingerprint density at radius 2 is 2.33 bits per heavy atom. The minimum absolute atomic E-state index is 0.132. The summed E-state index contributed by atoms with van der Waals surface area (Å²) in [7, 11) is 2.07. The van der Waals surface area contributed by atoms with Crippen LogP contribution in [0.1, 0.15) is 18.0 Å². The number of halogens is 1. The molecule has 1 aromatic carbocycles. The zero-order valence-corrected chi connectivity index (χ0v) is 7.13. The van der Waals surface area contributed by atoms with Crippen LogP contribution < -0.4 is 0 Å². The molecule has 0 radical (unpaired) electrons. The van der Waals surface area contributed by atoms with E-state index >= 15 is 0 Å². The summed E-state index contributed by atoms with van der Waals surface area (Å²) in [5.74, 6) is -0.132. The van der Waals surface area contributed by atoms with Crippen molar-refractivity contribution in [2.24, 2.45) is 0 Å². The third-order valence-corrected chi connectivity index (χ3v) is 2.52. The highest BCUT2D eigenvalue weighted by Gasteiger charge is 2.25. The molecule has 1 aromatic rings. The van der Waals surface area contributed by atoms with Crippen LogP contribution in [0.25, 0.3) is 0 Å². The lowest BCUT2D eigenvalue weighted by atomic mass is 9.96. The molecule has 0 bridgehead atoms. The Balaban J connectivity index is 2.22. The van der Waals surface area contributed by atoms with Crippen molar-refractivity contribution in [1.82, 2.24) is 4.90 Å². The van der Waals surface area contributed by atoms with Crippen LogP contribution in [0.15, 0.2) is 24.3 Å². The third kappa shape index (κ3) is 1.23. The Morgan fingerprint density at radius 1 is 1.50 bits per heavy atom. The van der Waals surface area contributed by atoms with Gasteiger partial charge in [0, 0.05) is 12.6 Å². The smallest absolute Gasteiger partial charge is 0.123 e. The average molecular weight is 165 g/mol. The van der Waals surface area contributed by atoms with Crippen LogP contribution in [-0.4, -0.2) is 18.5 Å². The van der Waals surface area contributed by atoms with E-state index in [0.717, 1.165) is 18.5 Å². The minimum Gasteiger partial charge on any atom is -0.299 e. The molecule has 1 atom stereocenters. The van der Waals surface area contributed by atoms with Gasteiger partial charge < -0.3 is 0 Å². The fourth-order valence-electron chi connectivity index (χ4n) is 1.65. The molecule has 1 saturated heterocycles. The van der Waals surface area contributed by atoms with Crippen molar-refractivity contribution >= 4 is 0 Å². The van der Waals surface area contributed by atoms with Crippen molar-refractivity contribution in [3.8, 4) is 0 Å². The molecule has 1 aliphatic rings. The lowest BCUT2D eigenvalue weighted by Gasteiger charge is -2.38. The highest BCUT2D eigenvalue weighted by molar-refractivity contribution is 5.21. The number of benzene rings is 1. The monoisotopic (exact) mass is 165 g/mol. The van der Waals surface area contributed by atoms with Gasteiger partial charge in [0.2, 0.25) is 0 Å². The zero-order chi connectivity index (χ0) is 8.55. The first-order chi connectivity index (χ1) is 5.77. The first-order valence-electron chi connectivity index (χ1n) is 4.23. The normalized spacial score (nSPS) is 23.7. The Morgan fingerprint density at radius 3 is 2.83 bits per heavy atom. The van der Waals surface area contributed by atoms with Gasteiger partial charge in [0.05, 0.1) is 0 Å². The molecule has 1 fully saturated rings. The van der Waals surface area contributed by atoms with E-state index in [1.807, 2.05) is 6.07 Å². The summed E-state index contributed by atoms with van der Waals surface area (Å²) >= 11 is 0. The predicted octanol–water partition coefficient (Wildman–Crippen LogP) is 2.20. The molecule has 0 spiro atoms. The summed E-state index contributed by atoms with van der Waals surface area (Å²) in [6.07, 6.45) is 1.15. The number of likely N-dealkylation sites (tertiary alicyclic amines) is 1. The highest BCUT2D eigenvalue weighted by atomic mass is 19.1. The maximum absolute atomic E-state index is 12.8. The molecule has 12 heavy (non-hydrogen) atoms. The molecule has 1 heterocycles. The Hall–Kier alpha value is -0.890. The molecule has 64 valence electrons. The summed E-state index contributed by atoms with van der Waals surface area (Å²) in [6.45, 7) is 1.13. The Labute approximate surface area is 71.8 Å². The molecule has 0 aromatic heterocycles. The second-order valence-corrected chi connectivity index (χ2v) is 3.34. The molecular formula is C10H12FN. The zero-order valence-electron chi connectivity index (χ0n) is 7.13. The first kappa shape index (κ1) is 7.74. The number of hydrogen-bond acceptors (Lipinski definition) is 1. The van der Waals surface area contributed by atoms with Gasteiger partial charge in [-0.05, 0) is 31.2 Å². The maximum Gasteiger partial charge on any atom is 0.123 e. The Bertz CT molecular complexity index is 285. The van der Waals surface area contributed by atoms with E-state index in [1.54, 1.807) is 12.1 Å². The van der Waals surface area contributed by atoms with Gasteiger partial charge in [0.15, 0.2) is 0 Å². The van der Waals surface area contributed by atoms with Crippen LogP contribution in [0.5, 0.6) is 0 Å². The van der Waals surface area contributed by atoms with Gasteiger partial charge in [0.1, 0.15) is 5.82 Å². The second-order valence-electron chi connectivity index (χ2n) is 3.34. The molecule has 0 amide bonds. The summed E-state index contributed by atoms with van der Waals surface area (Å²) in [5.41, 5.74) is 1.10. The fraction of sp³-hybridized carbons (Fsp3) is 0.400. The summed E-state index contributed by atoms with van der Waals surface area (Å²) < 4.78 is 12.8. The minimum atomic E-state index is -0.132. The molecule has 0 N–H and O–H groups in total. The average Bonchev–Trinajstić information content (AvgIpc) is 2.02. The van der Waals surface area contributed by atoms with Crippen molar-refractivity contribution in [3.63, 3.8) is 0 Å². The van der Waals surface area contributed by atoms with E-state index in [9.17, 15) is 4.39 Å². The fourth-order valence-corrected chi connectivity index (χ4v) is 1.65. The number of hydrogen-bond donors (Lipinski definition) is 0. The van der Waals surface area contributed by atoms with Crippen LogP contribution in [0.4, 0.5) is 4.39 Å². The largest absolute Gasteiger partial charge is 0.299 e. The standard InChI is InChI=1S/C10H12FN/c1-12-6-5-10(12)8-3-2-4-9(11)7-8/h2-4,7,10H,5-6H2,1H3. The van der Waals surface area contributed by atoms with Crippen molar-refractivity contribution in [3.05, 3.63) is 35.6 Å². The molecular weight excluding hydrogens is 153 g/mol. The molecule has 1 unspecified atom stereocenters. The van der Waals surface area contributed by atoms with Crippen LogP contribution >= 0.6 is 0 Å². The molecule has 2 heteroatoms. The first-order valence-corrected chi connectivity index (χ1v) is 4.23. The second kappa shape index (κ2) is 2.87. The van der Waals surface area contributed by atoms with Gasteiger partial charge >= 0.3 is 0 Å². The van der Waals surface area contributed by atoms with E-state index in [-0.39, 0.29) is 5.82 Å². The molecule has 2 rings (SSSR count). The summed E-state index contributed by atoms with van der Waals surface area (Å²) in [6, 6.07) is 7.32. The predicted molar refractivity (Wildman–Crippen MR) is 46.4 cm³/mol. The quantitative estimate of drug-likeness (QED) is 0.616. The SMILES string of the molecule is CN1CCC1c1cccc(F)c1. The van der Waals surface area contributed by atoms with Crippen molar-refractivity contribution in [1.29, 1.82) is 0 Å². The van der Waals surface area contributed by atoms with E-state index in [1.165, 1.54) is 6.07 Å². The van der Waals surface area contributed by atoms with E-state index in [2.05, 4.69) is 11.9 Å². The topological polar surface area (TPSA) is 3.24 Å². The van der Waals surface area contributed by atoms with E-state index in [4.69, 9.17) is 0 Å². The van der Waals surface area contributed by atoms with Crippen LogP contribution in [0.3, 0.4) is 0 Å². The maximum atomic E-state index is 12.8. The molecule has 0 saturated carbocycles. The number of rotatable bonds is 1. The summed E-state index contributed by atoms with van der Waals surface area (Å²) in [4.78, 5) is 2.23. The van der Waals surface area contributed by atoms with Gasteiger partial charge in [-0.15, -0.1) is 0 Å². The van der Waals surface area contributed by atoms with Gasteiger partial charge in [0.25, 0.3) is 0 Å². The van der Waals surface area contributed by atoms with Gasteiger partial charge in [-0.2, -0.15) is 0 Å². The third-order valence-electron chi connectivity index (χ3n) is 2.52. The van der Waals surface area contributed by atoms with Crippen molar-refractivity contribution in [2.75, 3.05) is 13.6 Å². The molecule has 0 aliphatic carbocycles.